The van der Waals surface area contributed by atoms with Crippen molar-refractivity contribution in [3.05, 3.63) is 87.9 Å². The lowest BCUT2D eigenvalue weighted by Crippen LogP contribution is -2.30. The van der Waals surface area contributed by atoms with Crippen molar-refractivity contribution in [2.24, 2.45) is 0 Å². The molecule has 3 aromatic rings. The molecule has 1 aromatic heterocycles. The highest BCUT2D eigenvalue weighted by Crippen LogP contribution is 2.30. The molecule has 4 rings (SSSR count). The second-order valence-corrected chi connectivity index (χ2v) is 8.23. The maximum absolute atomic E-state index is 12.6. The summed E-state index contributed by atoms with van der Waals surface area (Å²) in [4.78, 5) is 19.4. The summed E-state index contributed by atoms with van der Waals surface area (Å²) in [7, 11) is 0. The Labute approximate surface area is 170 Å². The Balaban J connectivity index is 1.50. The van der Waals surface area contributed by atoms with E-state index in [1.165, 1.54) is 16.7 Å². The molecule has 0 atom stereocenters. The molecule has 2 heterocycles. The Bertz CT molecular complexity index is 1000. The molecule has 0 aliphatic carbocycles. The summed E-state index contributed by atoms with van der Waals surface area (Å²) < 4.78 is 0. The highest BCUT2D eigenvalue weighted by atomic mass is 32.1. The lowest BCUT2D eigenvalue weighted by Gasteiger charge is -2.30. The smallest absolute Gasteiger partial charge is 0.185 e. The molecule has 0 saturated heterocycles. The van der Waals surface area contributed by atoms with E-state index in [0.29, 0.717) is 6.42 Å². The van der Waals surface area contributed by atoms with Crippen LogP contribution in [0.1, 0.15) is 40.4 Å². The van der Waals surface area contributed by atoms with Gasteiger partial charge in [0.25, 0.3) is 0 Å². The van der Waals surface area contributed by atoms with Gasteiger partial charge in [0, 0.05) is 36.7 Å². The largest absolute Gasteiger partial charge is 0.343 e. The molecule has 4 heteroatoms. The molecule has 0 N–H and O–H groups in total. The lowest BCUT2D eigenvalue weighted by molar-refractivity contribution is 0.0992. The van der Waals surface area contributed by atoms with Crippen LogP contribution in [-0.2, 0) is 6.42 Å². The van der Waals surface area contributed by atoms with Gasteiger partial charge < -0.3 is 4.90 Å². The highest BCUT2D eigenvalue weighted by Gasteiger charge is 2.19. The molecule has 142 valence electrons. The van der Waals surface area contributed by atoms with Crippen LogP contribution < -0.4 is 4.90 Å². The third kappa shape index (κ3) is 3.92. The number of anilines is 1. The van der Waals surface area contributed by atoms with Crippen molar-refractivity contribution in [2.75, 3.05) is 18.0 Å². The second kappa shape index (κ2) is 8.11. The van der Waals surface area contributed by atoms with E-state index in [9.17, 15) is 4.79 Å². The average molecular weight is 389 g/mol. The van der Waals surface area contributed by atoms with Crippen LogP contribution in [0.25, 0.3) is 5.57 Å². The molecule has 1 aliphatic rings. The van der Waals surface area contributed by atoms with Gasteiger partial charge in [-0.2, -0.15) is 0 Å². The van der Waals surface area contributed by atoms with Gasteiger partial charge in [0.2, 0.25) is 0 Å². The topological polar surface area (TPSA) is 33.2 Å². The number of nitrogens with zero attached hydrogens (tertiary/aromatic N) is 2. The van der Waals surface area contributed by atoms with Crippen LogP contribution in [0.15, 0.2) is 65.7 Å². The van der Waals surface area contributed by atoms with Gasteiger partial charge in [0.1, 0.15) is 0 Å². The van der Waals surface area contributed by atoms with Crippen LogP contribution in [0.3, 0.4) is 0 Å². The molecular weight excluding hydrogens is 364 g/mol. The molecule has 0 spiro atoms. The number of benzene rings is 2. The average Bonchev–Trinajstić information content (AvgIpc) is 3.24. The van der Waals surface area contributed by atoms with E-state index in [2.05, 4.69) is 41.1 Å². The maximum Gasteiger partial charge on any atom is 0.185 e. The van der Waals surface area contributed by atoms with Crippen LogP contribution >= 0.6 is 11.3 Å². The van der Waals surface area contributed by atoms with Crippen molar-refractivity contribution < 1.29 is 4.79 Å². The number of carbonyl (C=O) groups excluding carboxylic acids is 1. The number of ketones is 1. The van der Waals surface area contributed by atoms with Crippen LogP contribution in [0.5, 0.6) is 0 Å². The second-order valence-electron chi connectivity index (χ2n) is 7.36. The predicted octanol–water partition coefficient (Wildman–Crippen LogP) is 5.56. The van der Waals surface area contributed by atoms with Crippen molar-refractivity contribution >= 4 is 27.8 Å². The third-order valence-corrected chi connectivity index (χ3v) is 6.26. The molecule has 0 amide bonds. The fraction of sp³-hybridized carbons (Fsp3) is 0.250. The van der Waals surface area contributed by atoms with E-state index in [-0.39, 0.29) is 5.78 Å². The first-order valence-electron chi connectivity index (χ1n) is 9.63. The van der Waals surface area contributed by atoms with Gasteiger partial charge in [-0.1, -0.05) is 54.1 Å². The monoisotopic (exact) mass is 388 g/mol. The molecule has 0 fully saturated rings. The Morgan fingerprint density at radius 1 is 1.11 bits per heavy atom. The minimum atomic E-state index is 0.175. The van der Waals surface area contributed by atoms with E-state index < -0.39 is 0 Å². The SMILES string of the molecule is CC1=C(c2ccc(CC(=O)c3ccccc3C)cc2)CN(c2nccs2)CC1. The summed E-state index contributed by atoms with van der Waals surface area (Å²) >= 11 is 1.69. The number of thiazole rings is 1. The van der Waals surface area contributed by atoms with Gasteiger partial charge in [0.15, 0.2) is 10.9 Å². The third-order valence-electron chi connectivity index (χ3n) is 5.42. The van der Waals surface area contributed by atoms with Crippen LogP contribution in [0, 0.1) is 6.92 Å². The first kappa shape index (κ1) is 18.6. The van der Waals surface area contributed by atoms with Crippen molar-refractivity contribution in [3.63, 3.8) is 0 Å². The first-order valence-corrected chi connectivity index (χ1v) is 10.5. The molecule has 3 nitrogen and oxygen atoms in total. The summed E-state index contributed by atoms with van der Waals surface area (Å²) in [6.07, 6.45) is 3.36. The quantitative estimate of drug-likeness (QED) is 0.537. The van der Waals surface area contributed by atoms with Crippen molar-refractivity contribution in [1.29, 1.82) is 0 Å². The Morgan fingerprint density at radius 3 is 2.61 bits per heavy atom. The fourth-order valence-electron chi connectivity index (χ4n) is 3.72. The van der Waals surface area contributed by atoms with E-state index in [1.807, 2.05) is 42.8 Å². The Kier molecular flexibility index (Phi) is 5.40. The fourth-order valence-corrected chi connectivity index (χ4v) is 4.39. The molecule has 28 heavy (non-hydrogen) atoms. The van der Waals surface area contributed by atoms with Gasteiger partial charge in [-0.15, -0.1) is 11.3 Å². The summed E-state index contributed by atoms with van der Waals surface area (Å²) in [5.41, 5.74) is 6.97. The normalized spacial score (nSPS) is 14.4. The zero-order valence-corrected chi connectivity index (χ0v) is 17.1. The van der Waals surface area contributed by atoms with Crippen LogP contribution in [0.4, 0.5) is 5.13 Å². The van der Waals surface area contributed by atoms with E-state index in [4.69, 9.17) is 0 Å². The molecule has 0 bridgehead atoms. The minimum Gasteiger partial charge on any atom is -0.343 e. The van der Waals surface area contributed by atoms with Crippen molar-refractivity contribution in [3.8, 4) is 0 Å². The van der Waals surface area contributed by atoms with Gasteiger partial charge in [-0.05, 0) is 42.5 Å². The number of hydrogen-bond acceptors (Lipinski definition) is 4. The van der Waals surface area contributed by atoms with Gasteiger partial charge in [-0.25, -0.2) is 4.98 Å². The Morgan fingerprint density at radius 2 is 1.89 bits per heavy atom. The summed E-state index contributed by atoms with van der Waals surface area (Å²) in [6.45, 7) is 6.12. The summed E-state index contributed by atoms with van der Waals surface area (Å²) in [6, 6.07) is 16.3. The van der Waals surface area contributed by atoms with Gasteiger partial charge >= 0.3 is 0 Å². The van der Waals surface area contributed by atoms with Gasteiger partial charge in [0.05, 0.1) is 0 Å². The number of carbonyl (C=O) groups is 1. The predicted molar refractivity (Wildman–Crippen MR) is 117 cm³/mol. The number of aryl methyl sites for hydroxylation is 1. The lowest BCUT2D eigenvalue weighted by atomic mass is 9.93. The Hall–Kier alpha value is -2.72. The maximum atomic E-state index is 12.6. The zero-order valence-electron chi connectivity index (χ0n) is 16.3. The van der Waals surface area contributed by atoms with Crippen LogP contribution in [0.2, 0.25) is 0 Å². The van der Waals surface area contributed by atoms with Crippen molar-refractivity contribution in [2.45, 2.75) is 26.7 Å². The number of rotatable bonds is 5. The number of aromatic nitrogens is 1. The van der Waals surface area contributed by atoms with E-state index in [0.717, 1.165) is 41.3 Å². The zero-order chi connectivity index (χ0) is 19.5. The highest BCUT2D eigenvalue weighted by molar-refractivity contribution is 7.13. The molecule has 1 aliphatic heterocycles. The molecular formula is C24H24N2OS. The van der Waals surface area contributed by atoms with E-state index in [1.54, 1.807) is 11.3 Å². The number of Topliss-reactive ketones (excluding diaryl/α,β-unsaturated/α-hetero) is 1. The van der Waals surface area contributed by atoms with Gasteiger partial charge in [-0.3, -0.25) is 4.79 Å². The molecule has 2 aromatic carbocycles. The molecule has 0 radical (unpaired) electrons. The molecule has 0 saturated carbocycles. The standard InChI is InChI=1S/C24H24N2OS/c1-17-5-3-4-6-21(17)23(27)15-19-7-9-20(10-8-19)22-16-26(13-11-18(22)2)24-25-12-14-28-24/h3-10,12,14H,11,13,15-16H2,1-2H3. The van der Waals surface area contributed by atoms with Crippen LogP contribution in [-0.4, -0.2) is 23.9 Å². The van der Waals surface area contributed by atoms with Crippen molar-refractivity contribution in [1.82, 2.24) is 4.98 Å². The van der Waals surface area contributed by atoms with E-state index >= 15 is 0 Å². The first-order chi connectivity index (χ1) is 13.6. The number of hydrogen-bond donors (Lipinski definition) is 0. The summed E-state index contributed by atoms with van der Waals surface area (Å²) in [5.74, 6) is 0.175. The minimum absolute atomic E-state index is 0.175. The summed E-state index contributed by atoms with van der Waals surface area (Å²) in [5, 5.41) is 3.12. The molecule has 0 unspecified atom stereocenters.